The first kappa shape index (κ1) is 13.2. The third kappa shape index (κ3) is 5.14. The Labute approximate surface area is 92.6 Å². The molecule has 17 heavy (non-hydrogen) atoms. The molecule has 1 aromatic rings. The van der Waals surface area contributed by atoms with Gasteiger partial charge in [0.05, 0.1) is 0 Å². The maximum atomic E-state index is 12.7. The SMILES string of the molecule is O=C(NCC(F)(F)F)Nc1cc(F)cc(F)c1. The number of urea groups is 1. The van der Waals surface area contributed by atoms with Crippen LogP contribution in [-0.2, 0) is 0 Å². The van der Waals surface area contributed by atoms with E-state index in [4.69, 9.17) is 0 Å². The van der Waals surface area contributed by atoms with Crippen molar-refractivity contribution < 1.29 is 26.7 Å². The van der Waals surface area contributed by atoms with Gasteiger partial charge in [-0.25, -0.2) is 13.6 Å². The second-order valence-corrected chi connectivity index (χ2v) is 3.08. The van der Waals surface area contributed by atoms with Gasteiger partial charge in [0.2, 0.25) is 0 Å². The zero-order chi connectivity index (χ0) is 13.1. The Balaban J connectivity index is 2.56. The van der Waals surface area contributed by atoms with E-state index in [0.29, 0.717) is 6.07 Å². The number of anilines is 1. The molecule has 0 aliphatic carbocycles. The van der Waals surface area contributed by atoms with Crippen LogP contribution in [0.25, 0.3) is 0 Å². The summed E-state index contributed by atoms with van der Waals surface area (Å²) in [4.78, 5) is 10.9. The number of rotatable bonds is 2. The summed E-state index contributed by atoms with van der Waals surface area (Å²) < 4.78 is 60.5. The predicted octanol–water partition coefficient (Wildman–Crippen LogP) is 2.65. The summed E-state index contributed by atoms with van der Waals surface area (Å²) in [6, 6.07) is 0.915. The normalized spacial score (nSPS) is 11.1. The molecule has 0 aliphatic heterocycles. The molecule has 0 saturated carbocycles. The zero-order valence-corrected chi connectivity index (χ0v) is 8.24. The average Bonchev–Trinajstić information content (AvgIpc) is 2.11. The van der Waals surface area contributed by atoms with E-state index in [0.717, 1.165) is 12.1 Å². The quantitative estimate of drug-likeness (QED) is 0.782. The Morgan fingerprint density at radius 2 is 1.65 bits per heavy atom. The van der Waals surface area contributed by atoms with Gasteiger partial charge in [-0.2, -0.15) is 13.2 Å². The predicted molar refractivity (Wildman–Crippen MR) is 49.4 cm³/mol. The molecule has 0 unspecified atom stereocenters. The van der Waals surface area contributed by atoms with Gasteiger partial charge in [-0.15, -0.1) is 0 Å². The van der Waals surface area contributed by atoms with Crippen LogP contribution in [-0.4, -0.2) is 18.8 Å². The number of hydrogen-bond acceptors (Lipinski definition) is 1. The molecule has 3 nitrogen and oxygen atoms in total. The Morgan fingerprint density at radius 3 is 2.12 bits per heavy atom. The maximum absolute atomic E-state index is 12.7. The number of alkyl halides is 3. The average molecular weight is 254 g/mol. The van der Waals surface area contributed by atoms with Crippen LogP contribution >= 0.6 is 0 Å². The minimum Gasteiger partial charge on any atom is -0.329 e. The lowest BCUT2D eigenvalue weighted by Crippen LogP contribution is -2.36. The van der Waals surface area contributed by atoms with Crippen LogP contribution in [0.3, 0.4) is 0 Å². The lowest BCUT2D eigenvalue weighted by Gasteiger charge is -2.09. The molecule has 94 valence electrons. The van der Waals surface area contributed by atoms with E-state index >= 15 is 0 Å². The van der Waals surface area contributed by atoms with E-state index in [2.05, 4.69) is 0 Å². The van der Waals surface area contributed by atoms with E-state index in [1.165, 1.54) is 5.32 Å². The van der Waals surface area contributed by atoms with Gasteiger partial charge in [-0.1, -0.05) is 0 Å². The van der Waals surface area contributed by atoms with Gasteiger partial charge >= 0.3 is 12.2 Å². The summed E-state index contributed by atoms with van der Waals surface area (Å²) >= 11 is 0. The monoisotopic (exact) mass is 254 g/mol. The highest BCUT2D eigenvalue weighted by Crippen LogP contribution is 2.14. The molecule has 1 aromatic carbocycles. The van der Waals surface area contributed by atoms with Crippen LogP contribution in [0.15, 0.2) is 18.2 Å². The van der Waals surface area contributed by atoms with Crippen LogP contribution in [0.5, 0.6) is 0 Å². The van der Waals surface area contributed by atoms with Crippen molar-refractivity contribution in [2.24, 2.45) is 0 Å². The molecule has 0 aromatic heterocycles. The highest BCUT2D eigenvalue weighted by Gasteiger charge is 2.27. The summed E-state index contributed by atoms with van der Waals surface area (Å²) in [5.74, 6) is -1.90. The molecule has 8 heteroatoms. The van der Waals surface area contributed by atoms with Crippen LogP contribution in [0.1, 0.15) is 0 Å². The van der Waals surface area contributed by atoms with E-state index < -0.39 is 30.4 Å². The van der Waals surface area contributed by atoms with Gasteiger partial charge in [0.1, 0.15) is 18.2 Å². The largest absolute Gasteiger partial charge is 0.405 e. The number of nitrogens with one attached hydrogen (secondary N) is 2. The zero-order valence-electron chi connectivity index (χ0n) is 8.24. The van der Waals surface area contributed by atoms with Gasteiger partial charge in [0.25, 0.3) is 0 Å². The smallest absolute Gasteiger partial charge is 0.329 e. The standard InChI is InChI=1S/C9H7F5N2O/c10-5-1-6(11)3-7(2-5)16-8(17)15-4-9(12,13)14/h1-3H,4H2,(H2,15,16,17). The number of carbonyl (C=O) groups is 1. The second kappa shape index (κ2) is 4.98. The fraction of sp³-hybridized carbons (Fsp3) is 0.222. The fourth-order valence-corrected chi connectivity index (χ4v) is 0.982. The van der Waals surface area contributed by atoms with Gasteiger partial charge in [-0.3, -0.25) is 0 Å². The highest BCUT2D eigenvalue weighted by atomic mass is 19.4. The minimum absolute atomic E-state index is 0.276. The summed E-state index contributed by atoms with van der Waals surface area (Å²) in [5, 5.41) is 3.36. The van der Waals surface area contributed by atoms with E-state index in [-0.39, 0.29) is 5.69 Å². The number of halogens is 5. The number of carbonyl (C=O) groups excluding carboxylic acids is 1. The molecular formula is C9H7F5N2O. The van der Waals surface area contributed by atoms with Crippen molar-refractivity contribution in [3.63, 3.8) is 0 Å². The number of benzene rings is 1. The van der Waals surface area contributed by atoms with Crippen LogP contribution in [0.2, 0.25) is 0 Å². The van der Waals surface area contributed by atoms with Crippen molar-refractivity contribution in [1.82, 2.24) is 5.32 Å². The van der Waals surface area contributed by atoms with Crippen molar-refractivity contribution >= 4 is 11.7 Å². The Bertz CT molecular complexity index is 398. The van der Waals surface area contributed by atoms with Crippen molar-refractivity contribution in [3.05, 3.63) is 29.8 Å². The van der Waals surface area contributed by atoms with Crippen molar-refractivity contribution in [1.29, 1.82) is 0 Å². The molecule has 2 N–H and O–H groups in total. The molecule has 0 heterocycles. The Morgan fingerprint density at radius 1 is 1.12 bits per heavy atom. The van der Waals surface area contributed by atoms with Crippen molar-refractivity contribution in [2.45, 2.75) is 6.18 Å². The van der Waals surface area contributed by atoms with Crippen molar-refractivity contribution in [2.75, 3.05) is 11.9 Å². The number of hydrogen-bond donors (Lipinski definition) is 2. The van der Waals surface area contributed by atoms with E-state index in [9.17, 15) is 26.7 Å². The lowest BCUT2D eigenvalue weighted by molar-refractivity contribution is -0.122. The Kier molecular flexibility index (Phi) is 3.87. The summed E-state index contributed by atoms with van der Waals surface area (Å²) in [6.07, 6.45) is -4.55. The third-order valence-electron chi connectivity index (χ3n) is 1.57. The topological polar surface area (TPSA) is 41.1 Å². The lowest BCUT2D eigenvalue weighted by atomic mass is 10.3. The minimum atomic E-state index is -4.55. The van der Waals surface area contributed by atoms with Gasteiger partial charge in [0.15, 0.2) is 0 Å². The van der Waals surface area contributed by atoms with Gasteiger partial charge in [-0.05, 0) is 12.1 Å². The fourth-order valence-electron chi connectivity index (χ4n) is 0.982. The first-order valence-electron chi connectivity index (χ1n) is 4.34. The van der Waals surface area contributed by atoms with E-state index in [1.54, 1.807) is 0 Å². The maximum Gasteiger partial charge on any atom is 0.405 e. The van der Waals surface area contributed by atoms with Gasteiger partial charge < -0.3 is 10.6 Å². The van der Waals surface area contributed by atoms with Crippen LogP contribution < -0.4 is 10.6 Å². The first-order valence-corrected chi connectivity index (χ1v) is 4.34. The summed E-state index contributed by atoms with van der Waals surface area (Å²) in [5.41, 5.74) is -0.276. The van der Waals surface area contributed by atoms with Crippen LogP contribution in [0.4, 0.5) is 32.4 Å². The summed E-state index contributed by atoms with van der Waals surface area (Å²) in [6.45, 7) is -1.53. The molecule has 1 rings (SSSR count). The molecule has 0 saturated heterocycles. The van der Waals surface area contributed by atoms with E-state index in [1.807, 2.05) is 5.32 Å². The molecular weight excluding hydrogens is 247 g/mol. The third-order valence-corrected chi connectivity index (χ3v) is 1.57. The number of amides is 2. The van der Waals surface area contributed by atoms with Crippen molar-refractivity contribution in [3.8, 4) is 0 Å². The molecule has 0 spiro atoms. The molecule has 0 bridgehead atoms. The molecule has 0 atom stereocenters. The first-order chi connectivity index (χ1) is 7.76. The highest BCUT2D eigenvalue weighted by molar-refractivity contribution is 5.89. The molecule has 0 radical (unpaired) electrons. The molecule has 0 fully saturated rings. The summed E-state index contributed by atoms with van der Waals surface area (Å²) in [7, 11) is 0. The molecule has 0 aliphatic rings. The molecule has 2 amide bonds. The van der Waals surface area contributed by atoms with Crippen LogP contribution in [0, 0.1) is 11.6 Å². The Hall–Kier alpha value is -1.86. The van der Waals surface area contributed by atoms with Gasteiger partial charge in [0, 0.05) is 11.8 Å². The second-order valence-electron chi connectivity index (χ2n) is 3.08.